The van der Waals surface area contributed by atoms with Crippen LogP contribution in [0.1, 0.15) is 68.2 Å². The first kappa shape index (κ1) is 37.3. The molecular weight excluding hydrogens is 795 g/mol. The lowest BCUT2D eigenvalue weighted by molar-refractivity contribution is -0.0391. The number of hydrogen-bond acceptors (Lipinski definition) is 1. The lowest BCUT2D eigenvalue weighted by Crippen LogP contribution is -2.55. The van der Waals surface area contributed by atoms with Crippen molar-refractivity contribution in [3.05, 3.63) is 210 Å². The first-order valence-corrected chi connectivity index (χ1v) is 24.6. The van der Waals surface area contributed by atoms with Crippen LogP contribution in [-0.4, -0.2) is 0 Å². The number of anilines is 3. The second-order valence-corrected chi connectivity index (χ2v) is 21.2. The zero-order valence-corrected chi connectivity index (χ0v) is 37.7. The Balaban J connectivity index is 1.01. The Hall–Kier alpha value is -6.96. The second kappa shape index (κ2) is 13.3. The minimum atomic E-state index is -0.133. The fourth-order valence-corrected chi connectivity index (χ4v) is 15.4. The average Bonchev–Trinajstić information content (AvgIpc) is 3.79. The van der Waals surface area contributed by atoms with Crippen molar-refractivity contribution < 1.29 is 0 Å². The van der Waals surface area contributed by atoms with Gasteiger partial charge in [-0.05, 0) is 179 Å². The van der Waals surface area contributed by atoms with E-state index in [2.05, 4.69) is 207 Å². The van der Waals surface area contributed by atoms with E-state index in [-0.39, 0.29) is 10.8 Å². The highest BCUT2D eigenvalue weighted by atomic mass is 15.1. The van der Waals surface area contributed by atoms with Crippen molar-refractivity contribution in [1.82, 2.24) is 0 Å². The molecule has 10 aromatic rings. The molecule has 1 nitrogen and oxygen atoms in total. The van der Waals surface area contributed by atoms with E-state index < -0.39 is 0 Å². The molecule has 0 saturated heterocycles. The maximum absolute atomic E-state index is 2.61. The number of rotatable bonds is 4. The van der Waals surface area contributed by atoms with Crippen LogP contribution in [0.2, 0.25) is 0 Å². The van der Waals surface area contributed by atoms with Crippen LogP contribution in [0.4, 0.5) is 17.1 Å². The third-order valence-electron chi connectivity index (χ3n) is 17.8. The van der Waals surface area contributed by atoms with Crippen LogP contribution in [0.5, 0.6) is 0 Å². The van der Waals surface area contributed by atoms with Crippen LogP contribution in [-0.2, 0) is 10.8 Å². The molecule has 6 aliphatic carbocycles. The molecule has 0 aliphatic heterocycles. The number of benzene rings is 10. The van der Waals surface area contributed by atoms with Crippen molar-refractivity contribution >= 4 is 60.2 Å². The van der Waals surface area contributed by atoms with Crippen LogP contribution < -0.4 is 4.90 Å². The Morgan fingerprint density at radius 2 is 0.864 bits per heavy atom. The van der Waals surface area contributed by atoms with E-state index >= 15 is 0 Å². The average molecular weight is 846 g/mol. The molecule has 4 saturated carbocycles. The SMILES string of the molecule is CC1(C)c2ccccc2-c2ccc(N(c3ccc4c5ccccc5c5ccccc5c4c3)c3ccccc3-c3cccc4c3C3(c5c-4ccc4ccccc54)C4CC5CC(C4)CC3C5)cc21. The van der Waals surface area contributed by atoms with Crippen LogP contribution in [0.25, 0.3) is 76.5 Å². The number of fused-ring (bicyclic) bond motifs is 14. The molecule has 0 amide bonds. The minimum Gasteiger partial charge on any atom is -0.310 e. The van der Waals surface area contributed by atoms with Crippen molar-refractivity contribution in [3.8, 4) is 33.4 Å². The molecule has 316 valence electrons. The highest BCUT2D eigenvalue weighted by Gasteiger charge is 2.62. The Morgan fingerprint density at radius 1 is 0.364 bits per heavy atom. The first-order valence-electron chi connectivity index (χ1n) is 24.6. The van der Waals surface area contributed by atoms with Gasteiger partial charge in [0.1, 0.15) is 0 Å². The summed E-state index contributed by atoms with van der Waals surface area (Å²) in [5.41, 5.74) is 17.8. The summed E-state index contributed by atoms with van der Waals surface area (Å²) in [5, 5.41) is 10.6. The monoisotopic (exact) mass is 845 g/mol. The third-order valence-corrected chi connectivity index (χ3v) is 17.8. The maximum atomic E-state index is 2.61. The van der Waals surface area contributed by atoms with Gasteiger partial charge in [0.15, 0.2) is 0 Å². The van der Waals surface area contributed by atoms with E-state index in [0.717, 1.165) is 11.8 Å². The number of nitrogens with zero attached hydrogens (tertiary/aromatic N) is 1. The zero-order valence-electron chi connectivity index (χ0n) is 37.7. The molecule has 10 aromatic carbocycles. The zero-order chi connectivity index (χ0) is 43.5. The molecule has 0 radical (unpaired) electrons. The first-order chi connectivity index (χ1) is 32.5. The van der Waals surface area contributed by atoms with E-state index in [1.165, 1.54) is 137 Å². The highest BCUT2D eigenvalue weighted by Crippen LogP contribution is 2.71. The Morgan fingerprint density at radius 3 is 1.59 bits per heavy atom. The van der Waals surface area contributed by atoms with Gasteiger partial charge in [0.2, 0.25) is 0 Å². The van der Waals surface area contributed by atoms with E-state index in [1.807, 2.05) is 0 Å². The van der Waals surface area contributed by atoms with Gasteiger partial charge in [0.05, 0.1) is 5.69 Å². The van der Waals surface area contributed by atoms with E-state index in [0.29, 0.717) is 11.8 Å². The van der Waals surface area contributed by atoms with Crippen molar-refractivity contribution in [1.29, 1.82) is 0 Å². The molecule has 0 N–H and O–H groups in total. The molecule has 0 unspecified atom stereocenters. The van der Waals surface area contributed by atoms with Gasteiger partial charge in [0, 0.05) is 27.8 Å². The molecule has 66 heavy (non-hydrogen) atoms. The molecule has 1 spiro atoms. The Labute approximate surface area is 387 Å². The summed E-state index contributed by atoms with van der Waals surface area (Å²) in [4.78, 5) is 2.61. The largest absolute Gasteiger partial charge is 0.310 e. The molecule has 0 heterocycles. The summed E-state index contributed by atoms with van der Waals surface area (Å²) in [6, 6.07) is 72.6. The van der Waals surface area contributed by atoms with Gasteiger partial charge in [-0.2, -0.15) is 0 Å². The molecule has 0 aromatic heterocycles. The maximum Gasteiger partial charge on any atom is 0.0540 e. The van der Waals surface area contributed by atoms with Crippen LogP contribution in [0.3, 0.4) is 0 Å². The summed E-state index contributed by atoms with van der Waals surface area (Å²) < 4.78 is 0. The van der Waals surface area contributed by atoms with Crippen molar-refractivity contribution in [2.45, 2.75) is 56.8 Å². The molecule has 0 atom stereocenters. The van der Waals surface area contributed by atoms with Crippen LogP contribution in [0.15, 0.2) is 188 Å². The molecule has 1 heteroatoms. The van der Waals surface area contributed by atoms with Gasteiger partial charge in [-0.1, -0.05) is 172 Å². The summed E-state index contributed by atoms with van der Waals surface area (Å²) in [6.45, 7) is 4.82. The number of para-hydroxylation sites is 1. The van der Waals surface area contributed by atoms with Gasteiger partial charge in [-0.25, -0.2) is 0 Å². The molecular formula is C65H51N. The summed E-state index contributed by atoms with van der Waals surface area (Å²) in [6.07, 6.45) is 6.85. The minimum absolute atomic E-state index is 0.0141. The summed E-state index contributed by atoms with van der Waals surface area (Å²) in [7, 11) is 0. The van der Waals surface area contributed by atoms with Crippen LogP contribution >= 0.6 is 0 Å². The Kier molecular flexibility index (Phi) is 7.53. The lowest BCUT2D eigenvalue weighted by Gasteiger charge is -2.61. The predicted octanol–water partition coefficient (Wildman–Crippen LogP) is 17.5. The van der Waals surface area contributed by atoms with Crippen molar-refractivity contribution in [3.63, 3.8) is 0 Å². The highest BCUT2D eigenvalue weighted by molar-refractivity contribution is 6.26. The van der Waals surface area contributed by atoms with Gasteiger partial charge < -0.3 is 4.90 Å². The van der Waals surface area contributed by atoms with Crippen molar-refractivity contribution in [2.75, 3.05) is 4.90 Å². The second-order valence-electron chi connectivity index (χ2n) is 21.2. The Bertz CT molecular complexity index is 3650. The smallest absolute Gasteiger partial charge is 0.0540 e. The van der Waals surface area contributed by atoms with E-state index in [4.69, 9.17) is 0 Å². The molecule has 4 bridgehead atoms. The third kappa shape index (κ3) is 4.81. The standard InChI is InChI=1S/C65H51N/c1-64(2)59-24-11-9-20-52(59)53-31-28-45(38-60(53)64)66(44-27-30-51-49-18-6-5-16-47(49)48-17-7-8-19-50(48)58(51)37-44)61-25-12-10-21-54(61)55-22-13-23-56-57-29-26-41-14-3-4-15-46(41)62(57)65(63(55)56)42-33-39-32-40(35-42)36-43(65)34-39/h3-31,37-40,42-43H,32-36H2,1-2H3. The van der Waals surface area contributed by atoms with Gasteiger partial charge in [0.25, 0.3) is 0 Å². The van der Waals surface area contributed by atoms with Gasteiger partial charge in [-0.15, -0.1) is 0 Å². The van der Waals surface area contributed by atoms with Gasteiger partial charge in [-0.3, -0.25) is 0 Å². The normalized spacial score (nSPS) is 22.6. The summed E-state index contributed by atoms with van der Waals surface area (Å²) >= 11 is 0. The number of hydrogen-bond donors (Lipinski definition) is 0. The fourth-order valence-electron chi connectivity index (χ4n) is 15.4. The lowest BCUT2D eigenvalue weighted by atomic mass is 9.42. The van der Waals surface area contributed by atoms with E-state index in [1.54, 1.807) is 11.1 Å². The van der Waals surface area contributed by atoms with Crippen LogP contribution in [0, 0.1) is 23.7 Å². The topological polar surface area (TPSA) is 3.24 Å². The van der Waals surface area contributed by atoms with E-state index in [9.17, 15) is 0 Å². The predicted molar refractivity (Wildman–Crippen MR) is 277 cm³/mol. The van der Waals surface area contributed by atoms with Crippen molar-refractivity contribution in [2.24, 2.45) is 23.7 Å². The van der Waals surface area contributed by atoms with Gasteiger partial charge >= 0.3 is 0 Å². The molecule has 4 fully saturated rings. The molecule has 6 aliphatic rings. The molecule has 16 rings (SSSR count). The fraction of sp³-hybridized carbons (Fsp3) is 0.200. The quantitative estimate of drug-likeness (QED) is 0.160. The summed E-state index contributed by atoms with van der Waals surface area (Å²) in [5.74, 6) is 3.03.